The van der Waals surface area contributed by atoms with Crippen LogP contribution in [0.1, 0.15) is 5.56 Å². The first-order valence-electron chi connectivity index (χ1n) is 4.81. The summed E-state index contributed by atoms with van der Waals surface area (Å²) in [4.78, 5) is 10.7. The Labute approximate surface area is 88.7 Å². The topological polar surface area (TPSA) is 77.0 Å². The lowest BCUT2D eigenvalue weighted by molar-refractivity contribution is -0.387. The van der Waals surface area contributed by atoms with Crippen LogP contribution in [0.3, 0.4) is 0 Å². The van der Waals surface area contributed by atoms with Gasteiger partial charge in [-0.25, -0.2) is 0 Å². The number of carbonyl (C=O) groups is 1. The highest BCUT2D eigenvalue weighted by Crippen LogP contribution is 2.20. The molecule has 0 fully saturated rings. The zero-order valence-electron chi connectivity index (χ0n) is 8.73. The van der Waals surface area contributed by atoms with E-state index in [1.165, 1.54) is 0 Å². The van der Waals surface area contributed by atoms with Crippen LogP contribution in [-0.2, 0) is 11.2 Å². The molecule has 1 aromatic carbocycles. The molecular formula is C11H15NO3. The standard InChI is InChI=1S/C11H15NO3/c1-15-10-5-3-2-4-8(10)6-9(7-12)11(13)14/h2-5,9H,6-7,12H2,1H3,(H,13,14)/t9-/m1/s1. The summed E-state index contributed by atoms with van der Waals surface area (Å²) in [5.41, 5.74) is 4.47. The van der Waals surface area contributed by atoms with Crippen LogP contribution in [0, 0.1) is 5.92 Å². The first-order valence-corrected chi connectivity index (χ1v) is 4.81. The van der Waals surface area contributed by atoms with E-state index in [1.54, 1.807) is 7.11 Å². The summed E-state index contributed by atoms with van der Waals surface area (Å²) >= 11 is 0. The Balaban J connectivity index is 2.82. The van der Waals surface area contributed by atoms with Gasteiger partial charge in [-0.2, -0.15) is 0 Å². The van der Waals surface area contributed by atoms with E-state index >= 15 is 0 Å². The fourth-order valence-corrected chi connectivity index (χ4v) is 1.44. The van der Waals surface area contributed by atoms with Gasteiger partial charge in [-0.15, -0.1) is 0 Å². The maximum atomic E-state index is 10.7. The smallest absolute Gasteiger partial charge is 0.122 e. The molecule has 0 aliphatic heterocycles. The fourth-order valence-electron chi connectivity index (χ4n) is 1.44. The Bertz CT molecular complexity index is 338. The van der Waals surface area contributed by atoms with Gasteiger partial charge in [0.1, 0.15) is 5.75 Å². The van der Waals surface area contributed by atoms with Crippen LogP contribution >= 0.6 is 0 Å². The lowest BCUT2D eigenvalue weighted by Gasteiger charge is -2.15. The summed E-state index contributed by atoms with van der Waals surface area (Å²) in [5, 5.41) is 10.7. The van der Waals surface area contributed by atoms with Gasteiger partial charge in [0.05, 0.1) is 25.5 Å². The largest absolute Gasteiger partial charge is 0.550 e. The van der Waals surface area contributed by atoms with Crippen molar-refractivity contribution in [2.75, 3.05) is 13.7 Å². The molecule has 0 amide bonds. The van der Waals surface area contributed by atoms with E-state index in [4.69, 9.17) is 4.74 Å². The lowest BCUT2D eigenvalue weighted by atomic mass is 9.99. The van der Waals surface area contributed by atoms with Crippen LogP contribution in [0.5, 0.6) is 5.75 Å². The van der Waals surface area contributed by atoms with Gasteiger partial charge in [0, 0.05) is 0 Å². The van der Waals surface area contributed by atoms with Crippen molar-refractivity contribution in [2.45, 2.75) is 6.42 Å². The predicted molar refractivity (Wildman–Crippen MR) is 53.0 cm³/mol. The highest BCUT2D eigenvalue weighted by Gasteiger charge is 2.13. The molecule has 0 aliphatic rings. The second-order valence-electron chi connectivity index (χ2n) is 3.32. The van der Waals surface area contributed by atoms with Crippen molar-refractivity contribution in [3.8, 4) is 5.75 Å². The maximum Gasteiger partial charge on any atom is 0.122 e. The van der Waals surface area contributed by atoms with Crippen LogP contribution in [0.25, 0.3) is 0 Å². The van der Waals surface area contributed by atoms with Gasteiger partial charge in [0.2, 0.25) is 0 Å². The van der Waals surface area contributed by atoms with Gasteiger partial charge < -0.3 is 20.4 Å². The first-order chi connectivity index (χ1) is 7.19. The second-order valence-corrected chi connectivity index (χ2v) is 3.32. The molecular weight excluding hydrogens is 194 g/mol. The molecule has 0 heterocycles. The summed E-state index contributed by atoms with van der Waals surface area (Å²) in [6, 6.07) is 7.36. The molecule has 1 rings (SSSR count). The van der Waals surface area contributed by atoms with E-state index in [9.17, 15) is 9.90 Å². The zero-order chi connectivity index (χ0) is 11.3. The first kappa shape index (κ1) is 11.5. The van der Waals surface area contributed by atoms with Crippen molar-refractivity contribution in [3.63, 3.8) is 0 Å². The maximum absolute atomic E-state index is 10.7. The minimum Gasteiger partial charge on any atom is -0.550 e. The van der Waals surface area contributed by atoms with E-state index in [1.807, 2.05) is 24.3 Å². The minimum atomic E-state index is -1.06. The third-order valence-corrected chi connectivity index (χ3v) is 2.34. The molecule has 0 saturated carbocycles. The Hall–Kier alpha value is -1.55. The minimum absolute atomic E-state index is 0.320. The highest BCUT2D eigenvalue weighted by atomic mass is 16.5. The van der Waals surface area contributed by atoms with Crippen molar-refractivity contribution in [1.82, 2.24) is 0 Å². The van der Waals surface area contributed by atoms with Crippen LogP contribution in [0.15, 0.2) is 24.3 Å². The average molecular weight is 209 g/mol. The Morgan fingerprint density at radius 1 is 1.53 bits per heavy atom. The number of hydrogen-bond acceptors (Lipinski definition) is 3. The van der Waals surface area contributed by atoms with Gasteiger partial charge >= 0.3 is 0 Å². The fraction of sp³-hybridized carbons (Fsp3) is 0.364. The normalized spacial score (nSPS) is 12.1. The molecule has 0 unspecified atom stereocenters. The van der Waals surface area contributed by atoms with Crippen molar-refractivity contribution in [2.24, 2.45) is 5.92 Å². The Morgan fingerprint density at radius 3 is 2.73 bits per heavy atom. The average Bonchev–Trinajstić information content (AvgIpc) is 2.25. The third-order valence-electron chi connectivity index (χ3n) is 2.34. The van der Waals surface area contributed by atoms with Crippen molar-refractivity contribution >= 4 is 5.97 Å². The van der Waals surface area contributed by atoms with Crippen LogP contribution in [-0.4, -0.2) is 19.6 Å². The number of para-hydroxylation sites is 1. The van der Waals surface area contributed by atoms with E-state index in [0.29, 0.717) is 18.7 Å². The summed E-state index contributed by atoms with van der Waals surface area (Å²) in [6.07, 6.45) is 0.399. The number of rotatable bonds is 5. The van der Waals surface area contributed by atoms with E-state index < -0.39 is 11.9 Å². The molecule has 0 radical (unpaired) electrons. The quantitative estimate of drug-likeness (QED) is 0.665. The summed E-state index contributed by atoms with van der Waals surface area (Å²) in [7, 11) is 1.57. The summed E-state index contributed by atoms with van der Waals surface area (Å²) < 4.78 is 5.14. The molecule has 0 aliphatic carbocycles. The number of carbonyl (C=O) groups excluding carboxylic acids is 1. The molecule has 4 nitrogen and oxygen atoms in total. The number of aliphatic carboxylic acids is 1. The van der Waals surface area contributed by atoms with Gasteiger partial charge in [0.15, 0.2) is 0 Å². The van der Waals surface area contributed by atoms with Crippen LogP contribution in [0.4, 0.5) is 0 Å². The summed E-state index contributed by atoms with van der Waals surface area (Å²) in [6.45, 7) is 0.320. The molecule has 15 heavy (non-hydrogen) atoms. The SMILES string of the molecule is COc1ccccc1C[C@H](C[NH3+])C(=O)[O-]. The molecule has 0 bridgehead atoms. The number of carboxylic acid groups (broad SMARTS) is 1. The molecule has 0 spiro atoms. The lowest BCUT2D eigenvalue weighted by Crippen LogP contribution is -2.57. The third kappa shape index (κ3) is 2.95. The number of hydrogen-bond donors (Lipinski definition) is 1. The Kier molecular flexibility index (Phi) is 4.12. The van der Waals surface area contributed by atoms with Gasteiger partial charge in [-0.3, -0.25) is 0 Å². The van der Waals surface area contributed by atoms with Crippen molar-refractivity contribution in [3.05, 3.63) is 29.8 Å². The number of methoxy groups -OCH3 is 1. The molecule has 4 heteroatoms. The molecule has 0 saturated heterocycles. The zero-order valence-corrected chi connectivity index (χ0v) is 8.73. The van der Waals surface area contributed by atoms with Crippen molar-refractivity contribution in [1.29, 1.82) is 0 Å². The molecule has 82 valence electrons. The van der Waals surface area contributed by atoms with Crippen molar-refractivity contribution < 1.29 is 20.4 Å². The van der Waals surface area contributed by atoms with Gasteiger partial charge in [-0.1, -0.05) is 18.2 Å². The predicted octanol–water partition coefficient (Wildman–Crippen LogP) is -1.15. The molecule has 1 aromatic rings. The second kappa shape index (κ2) is 5.36. The molecule has 0 aromatic heterocycles. The number of quaternary nitrogens is 1. The van der Waals surface area contributed by atoms with Crippen LogP contribution < -0.4 is 15.6 Å². The van der Waals surface area contributed by atoms with Crippen LogP contribution in [0.2, 0.25) is 0 Å². The van der Waals surface area contributed by atoms with E-state index in [2.05, 4.69) is 5.73 Å². The monoisotopic (exact) mass is 209 g/mol. The van der Waals surface area contributed by atoms with E-state index in [-0.39, 0.29) is 0 Å². The highest BCUT2D eigenvalue weighted by molar-refractivity contribution is 5.68. The molecule has 3 N–H and O–H groups in total. The van der Waals surface area contributed by atoms with Gasteiger partial charge in [0.25, 0.3) is 0 Å². The molecule has 1 atom stereocenters. The number of ether oxygens (including phenoxy) is 1. The Morgan fingerprint density at radius 2 is 2.20 bits per heavy atom. The van der Waals surface area contributed by atoms with E-state index in [0.717, 1.165) is 5.56 Å². The van der Waals surface area contributed by atoms with Gasteiger partial charge in [-0.05, 0) is 18.1 Å². The summed E-state index contributed by atoms with van der Waals surface area (Å²) in [5.74, 6) is -0.908. The number of benzene rings is 1. The number of carboxylic acids is 1.